The van der Waals surface area contributed by atoms with Gasteiger partial charge in [-0.3, -0.25) is 10.1 Å². The molecule has 3 rings (SSSR count). The molecule has 2 aromatic carbocycles. The fraction of sp³-hybridized carbons (Fsp3) is 0.286. The van der Waals surface area contributed by atoms with Crippen molar-refractivity contribution in [3.05, 3.63) is 53.3 Å². The smallest absolute Gasteiger partial charge is 0.369 e. The number of carbonyl (C=O) groups excluding carboxylic acids is 2. The fourth-order valence-corrected chi connectivity index (χ4v) is 4.04. The Labute approximate surface area is 189 Å². The van der Waals surface area contributed by atoms with Crippen LogP contribution in [0.1, 0.15) is 25.0 Å². The summed E-state index contributed by atoms with van der Waals surface area (Å²) in [4.78, 5) is 28.5. The monoisotopic (exact) mass is 484 g/mol. The maximum atomic E-state index is 13.6. The molecule has 0 radical (unpaired) electrons. The highest BCUT2D eigenvalue weighted by Gasteiger charge is 2.60. The number of fused-ring (bicyclic) bond motifs is 1. The Hall–Kier alpha value is -3.25. The highest BCUT2D eigenvalue weighted by Crippen LogP contribution is 2.41. The molecule has 0 saturated heterocycles. The number of urea groups is 1. The number of nitrogens with one attached hydrogen (secondary N) is 3. The lowest BCUT2D eigenvalue weighted by atomic mass is 9.92. The van der Waals surface area contributed by atoms with Gasteiger partial charge in [-0.15, -0.1) is 0 Å². The average Bonchev–Trinajstić information content (AvgIpc) is 3.14. The zero-order chi connectivity index (χ0) is 24.4. The number of aliphatic hydroxyl groups is 1. The second-order valence-electron chi connectivity index (χ2n) is 7.00. The fourth-order valence-electron chi connectivity index (χ4n) is 3.14. The van der Waals surface area contributed by atoms with Crippen molar-refractivity contribution in [2.75, 3.05) is 17.2 Å². The van der Waals surface area contributed by atoms with Crippen LogP contribution in [0.25, 0.3) is 10.2 Å². The quantitative estimate of drug-likeness (QED) is 0.386. The van der Waals surface area contributed by atoms with Crippen molar-refractivity contribution in [3.8, 4) is 0 Å². The van der Waals surface area contributed by atoms with E-state index < -0.39 is 35.1 Å². The number of alkyl halides is 3. The Morgan fingerprint density at radius 2 is 1.82 bits per heavy atom. The number of hydrogen-bond donors (Lipinski definition) is 4. The van der Waals surface area contributed by atoms with Crippen molar-refractivity contribution in [1.82, 2.24) is 10.3 Å². The molecule has 0 unspecified atom stereocenters. The minimum atomic E-state index is -5.27. The van der Waals surface area contributed by atoms with Gasteiger partial charge in [-0.25, -0.2) is 14.2 Å². The first-order valence-electron chi connectivity index (χ1n) is 9.84. The summed E-state index contributed by atoms with van der Waals surface area (Å²) in [5, 5.41) is 17.4. The number of carbonyl (C=O) groups is 2. The lowest BCUT2D eigenvalue weighted by Crippen LogP contribution is -2.54. The van der Waals surface area contributed by atoms with Crippen LogP contribution in [-0.4, -0.2) is 34.7 Å². The first-order valence-corrected chi connectivity index (χ1v) is 10.7. The number of anilines is 2. The molecule has 12 heteroatoms. The molecule has 1 aromatic heterocycles. The van der Waals surface area contributed by atoms with Gasteiger partial charge >= 0.3 is 12.2 Å². The van der Waals surface area contributed by atoms with Crippen LogP contribution < -0.4 is 16.0 Å². The van der Waals surface area contributed by atoms with Crippen LogP contribution in [0.4, 0.5) is 33.2 Å². The maximum Gasteiger partial charge on any atom is 0.430 e. The molecule has 33 heavy (non-hydrogen) atoms. The first kappa shape index (κ1) is 24.4. The van der Waals surface area contributed by atoms with Gasteiger partial charge in [0.2, 0.25) is 0 Å². The molecule has 1 heterocycles. The molecular weight excluding hydrogens is 464 g/mol. The van der Waals surface area contributed by atoms with Crippen molar-refractivity contribution in [2.24, 2.45) is 0 Å². The van der Waals surface area contributed by atoms with Gasteiger partial charge in [0.15, 0.2) is 5.13 Å². The SMILES string of the molecule is CCNC(=O)[C@@](O)(c1ccc2nc(NC(=O)Nc3ccc(F)cc3CC)sc2c1)C(F)(F)F. The standard InChI is InChI=1S/C21H20F4N4O3S/c1-3-11-9-13(22)6-8-14(11)27-18(31)29-19-28-15-7-5-12(10-16(15)33-19)20(32,21(23,24)25)17(30)26-4-2/h5-10,32H,3-4H2,1-2H3,(H,26,30)(H2,27,28,29,31)/t20-/m0/s1. The number of aryl methyl sites for hydroxylation is 1. The summed E-state index contributed by atoms with van der Waals surface area (Å²) in [7, 11) is 0. The van der Waals surface area contributed by atoms with Crippen LogP contribution >= 0.6 is 11.3 Å². The van der Waals surface area contributed by atoms with E-state index >= 15 is 0 Å². The molecule has 0 aliphatic heterocycles. The molecule has 0 bridgehead atoms. The van der Waals surface area contributed by atoms with E-state index in [0.29, 0.717) is 17.7 Å². The maximum absolute atomic E-state index is 13.6. The summed E-state index contributed by atoms with van der Waals surface area (Å²) in [6, 6.07) is 6.42. The van der Waals surface area contributed by atoms with E-state index in [1.54, 1.807) is 6.92 Å². The summed E-state index contributed by atoms with van der Waals surface area (Å²) < 4.78 is 54.5. The van der Waals surface area contributed by atoms with Gasteiger partial charge in [-0.1, -0.05) is 24.3 Å². The van der Waals surface area contributed by atoms with Crippen LogP contribution in [-0.2, 0) is 16.8 Å². The number of halogens is 4. The number of thiazole rings is 1. The molecule has 0 aliphatic carbocycles. The second-order valence-corrected chi connectivity index (χ2v) is 8.03. The Kier molecular flexibility index (Phi) is 6.89. The van der Waals surface area contributed by atoms with E-state index in [1.807, 2.05) is 5.32 Å². The summed E-state index contributed by atoms with van der Waals surface area (Å²) in [5.74, 6) is -2.03. The van der Waals surface area contributed by atoms with Gasteiger partial charge in [0.25, 0.3) is 11.5 Å². The van der Waals surface area contributed by atoms with E-state index in [4.69, 9.17) is 0 Å². The number of rotatable bonds is 6. The van der Waals surface area contributed by atoms with Crippen LogP contribution in [0, 0.1) is 5.82 Å². The summed E-state index contributed by atoms with van der Waals surface area (Å²) in [6.45, 7) is 3.13. The van der Waals surface area contributed by atoms with E-state index in [-0.39, 0.29) is 21.9 Å². The molecule has 0 spiro atoms. The highest BCUT2D eigenvalue weighted by molar-refractivity contribution is 7.22. The average molecular weight is 484 g/mol. The van der Waals surface area contributed by atoms with Crippen molar-refractivity contribution < 1.29 is 32.3 Å². The molecule has 7 nitrogen and oxygen atoms in total. The minimum Gasteiger partial charge on any atom is -0.369 e. The third kappa shape index (κ3) is 4.91. The second kappa shape index (κ2) is 9.32. The van der Waals surface area contributed by atoms with Crippen LogP contribution in [0.5, 0.6) is 0 Å². The number of benzene rings is 2. The summed E-state index contributed by atoms with van der Waals surface area (Å²) >= 11 is 0.861. The number of aromatic nitrogens is 1. The van der Waals surface area contributed by atoms with E-state index in [1.165, 1.54) is 31.2 Å². The van der Waals surface area contributed by atoms with Gasteiger partial charge in [0.05, 0.1) is 10.2 Å². The van der Waals surface area contributed by atoms with Crippen molar-refractivity contribution in [1.29, 1.82) is 0 Å². The molecule has 3 aromatic rings. The molecule has 176 valence electrons. The Morgan fingerprint density at radius 3 is 2.45 bits per heavy atom. The molecule has 0 saturated carbocycles. The number of amides is 3. The zero-order valence-electron chi connectivity index (χ0n) is 17.5. The van der Waals surface area contributed by atoms with Crippen molar-refractivity contribution in [2.45, 2.75) is 32.0 Å². The molecular formula is C21H20F4N4O3S. The Bertz CT molecular complexity index is 1200. The third-order valence-electron chi connectivity index (χ3n) is 4.80. The van der Waals surface area contributed by atoms with Crippen LogP contribution in [0.3, 0.4) is 0 Å². The Balaban J connectivity index is 1.86. The highest BCUT2D eigenvalue weighted by atomic mass is 32.1. The first-order chi connectivity index (χ1) is 15.5. The summed E-state index contributed by atoms with van der Waals surface area (Å²) in [5.41, 5.74) is -3.18. The zero-order valence-corrected chi connectivity index (χ0v) is 18.3. The number of nitrogens with zero attached hydrogens (tertiary/aromatic N) is 1. The summed E-state index contributed by atoms with van der Waals surface area (Å²) in [6.07, 6.45) is -4.79. The number of likely N-dealkylation sites (N-methyl/N-ethyl adjacent to an activating group) is 1. The van der Waals surface area contributed by atoms with Gasteiger partial charge in [0, 0.05) is 17.8 Å². The van der Waals surface area contributed by atoms with E-state index in [9.17, 15) is 32.3 Å². The molecule has 3 amide bonds. The molecule has 4 N–H and O–H groups in total. The molecule has 1 atom stereocenters. The van der Waals surface area contributed by atoms with E-state index in [2.05, 4.69) is 15.6 Å². The molecule has 0 aliphatic rings. The predicted molar refractivity (Wildman–Crippen MR) is 117 cm³/mol. The van der Waals surface area contributed by atoms with Gasteiger partial charge < -0.3 is 15.7 Å². The van der Waals surface area contributed by atoms with Gasteiger partial charge in [-0.2, -0.15) is 13.2 Å². The molecule has 0 fully saturated rings. The Morgan fingerprint density at radius 1 is 1.09 bits per heavy atom. The lowest BCUT2D eigenvalue weighted by molar-refractivity contribution is -0.256. The predicted octanol–water partition coefficient (Wildman–Crippen LogP) is 4.53. The third-order valence-corrected chi connectivity index (χ3v) is 5.73. The number of hydrogen-bond acceptors (Lipinski definition) is 5. The van der Waals surface area contributed by atoms with Gasteiger partial charge in [0.1, 0.15) is 5.82 Å². The lowest BCUT2D eigenvalue weighted by Gasteiger charge is -2.29. The van der Waals surface area contributed by atoms with Crippen molar-refractivity contribution in [3.63, 3.8) is 0 Å². The van der Waals surface area contributed by atoms with Gasteiger partial charge in [-0.05, 0) is 49.2 Å². The van der Waals surface area contributed by atoms with Crippen molar-refractivity contribution >= 4 is 44.3 Å². The van der Waals surface area contributed by atoms with E-state index in [0.717, 1.165) is 23.5 Å². The topological polar surface area (TPSA) is 103 Å². The van der Waals surface area contributed by atoms with Crippen LogP contribution in [0.2, 0.25) is 0 Å². The largest absolute Gasteiger partial charge is 0.430 e. The van der Waals surface area contributed by atoms with Crippen LogP contribution in [0.15, 0.2) is 36.4 Å². The minimum absolute atomic E-state index is 0.0772. The normalized spacial score (nSPS) is 13.4.